The van der Waals surface area contributed by atoms with Crippen molar-refractivity contribution in [3.63, 3.8) is 0 Å². The van der Waals surface area contributed by atoms with Crippen LogP contribution in [-0.2, 0) is 4.79 Å². The Hall–Kier alpha value is -1.58. The molecule has 0 amide bonds. The maximum absolute atomic E-state index is 13.5. The summed E-state index contributed by atoms with van der Waals surface area (Å²) < 4.78 is 14.0. The molecule has 0 spiro atoms. The lowest BCUT2D eigenvalue weighted by atomic mass is 9.93. The van der Waals surface area contributed by atoms with Crippen molar-refractivity contribution in [2.45, 2.75) is 12.5 Å². The molecule has 1 aromatic carbocycles. The summed E-state index contributed by atoms with van der Waals surface area (Å²) in [6.07, 6.45) is 1.51. The summed E-state index contributed by atoms with van der Waals surface area (Å²) in [5.74, 6) is -0.760. The van der Waals surface area contributed by atoms with Gasteiger partial charge < -0.3 is 10.4 Å². The number of thiazole rings is 1. The van der Waals surface area contributed by atoms with Crippen molar-refractivity contribution in [3.8, 4) is 0 Å². The fourth-order valence-electron chi connectivity index (χ4n) is 2.54. The molecule has 2 aromatic rings. The highest BCUT2D eigenvalue weighted by atomic mass is 79.9. The SMILES string of the molecule is O=C(O)CC1=C(CBr)NC(c2nccs2)=NC1c1ccc(F)cc1Br. The molecule has 0 aliphatic carbocycles. The first-order valence-corrected chi connectivity index (χ1v) is 9.98. The number of nitrogens with one attached hydrogen (secondary N) is 1. The third kappa shape index (κ3) is 3.99. The Labute approximate surface area is 164 Å². The van der Waals surface area contributed by atoms with Gasteiger partial charge in [0.25, 0.3) is 0 Å². The molecule has 1 atom stereocenters. The number of alkyl halides is 1. The van der Waals surface area contributed by atoms with E-state index >= 15 is 0 Å². The average molecular weight is 489 g/mol. The van der Waals surface area contributed by atoms with Crippen LogP contribution in [0.2, 0.25) is 0 Å². The normalized spacial score (nSPS) is 17.2. The van der Waals surface area contributed by atoms with Crippen LogP contribution in [0.15, 0.2) is 50.5 Å². The predicted octanol–water partition coefficient (Wildman–Crippen LogP) is 4.26. The second-order valence-electron chi connectivity index (χ2n) is 5.22. The molecular weight excluding hydrogens is 477 g/mol. The Kier molecular flexibility index (Phi) is 5.65. The number of rotatable bonds is 5. The number of allylic oxidation sites excluding steroid dienone is 1. The van der Waals surface area contributed by atoms with E-state index < -0.39 is 12.0 Å². The van der Waals surface area contributed by atoms with E-state index in [1.54, 1.807) is 12.3 Å². The molecule has 3 rings (SSSR count). The quantitative estimate of drug-likeness (QED) is 0.616. The van der Waals surface area contributed by atoms with E-state index in [1.165, 1.54) is 23.5 Å². The fourth-order valence-corrected chi connectivity index (χ4v) is 4.20. The monoisotopic (exact) mass is 487 g/mol. The van der Waals surface area contributed by atoms with Crippen LogP contribution in [0.5, 0.6) is 0 Å². The molecule has 2 heterocycles. The van der Waals surface area contributed by atoms with E-state index in [0.717, 1.165) is 5.70 Å². The van der Waals surface area contributed by atoms with Crippen LogP contribution in [0.4, 0.5) is 4.39 Å². The van der Waals surface area contributed by atoms with Gasteiger partial charge in [-0.2, -0.15) is 0 Å². The van der Waals surface area contributed by atoms with E-state index in [4.69, 9.17) is 0 Å². The molecule has 1 aliphatic rings. The molecule has 0 fully saturated rings. The van der Waals surface area contributed by atoms with Gasteiger partial charge in [-0.25, -0.2) is 9.37 Å². The van der Waals surface area contributed by atoms with Crippen LogP contribution in [0.3, 0.4) is 0 Å². The Bertz CT molecular complexity index is 868. The van der Waals surface area contributed by atoms with Crippen LogP contribution in [0.1, 0.15) is 23.0 Å². The topological polar surface area (TPSA) is 74.6 Å². The average Bonchev–Trinajstić information content (AvgIpc) is 3.09. The van der Waals surface area contributed by atoms with Crippen molar-refractivity contribution >= 4 is 55.0 Å². The molecule has 2 N–H and O–H groups in total. The van der Waals surface area contributed by atoms with Crippen LogP contribution in [-0.4, -0.2) is 27.2 Å². The molecule has 25 heavy (non-hydrogen) atoms. The Balaban J connectivity index is 2.13. The zero-order valence-electron chi connectivity index (χ0n) is 12.7. The number of aromatic nitrogens is 1. The fraction of sp³-hybridized carbons (Fsp3) is 0.188. The Morgan fingerprint density at radius 2 is 2.24 bits per heavy atom. The molecule has 130 valence electrons. The van der Waals surface area contributed by atoms with Gasteiger partial charge in [-0.15, -0.1) is 11.3 Å². The third-order valence-corrected chi connectivity index (χ3v) is 5.64. The highest BCUT2D eigenvalue weighted by Crippen LogP contribution is 2.37. The standard InChI is InChI=1S/C16H12Br2FN3O2S/c17-7-12-10(6-13(23)24)14(9-2-1-8(19)5-11(9)18)22-15(21-12)16-20-3-4-25-16/h1-5,14H,6-7H2,(H,21,22)(H,23,24). The van der Waals surface area contributed by atoms with E-state index in [9.17, 15) is 14.3 Å². The molecule has 9 heteroatoms. The summed E-state index contributed by atoms with van der Waals surface area (Å²) in [5.41, 5.74) is 2.05. The minimum absolute atomic E-state index is 0.170. The predicted molar refractivity (Wildman–Crippen MR) is 102 cm³/mol. The highest BCUT2D eigenvalue weighted by molar-refractivity contribution is 9.10. The van der Waals surface area contributed by atoms with Gasteiger partial charge in [0.2, 0.25) is 0 Å². The molecule has 1 unspecified atom stereocenters. The van der Waals surface area contributed by atoms with Crippen molar-refractivity contribution in [2.24, 2.45) is 4.99 Å². The van der Waals surface area contributed by atoms with Gasteiger partial charge in [-0.05, 0) is 23.3 Å². The maximum atomic E-state index is 13.5. The number of halogens is 3. The summed E-state index contributed by atoms with van der Waals surface area (Å²) in [5, 5.41) is 15.5. The number of aliphatic carboxylic acids is 1. The molecule has 0 radical (unpaired) electrons. The summed E-state index contributed by atoms with van der Waals surface area (Å²) in [6, 6.07) is 3.76. The molecule has 1 aliphatic heterocycles. The first kappa shape index (κ1) is 18.2. The number of benzene rings is 1. The number of hydrogen-bond acceptors (Lipinski definition) is 5. The maximum Gasteiger partial charge on any atom is 0.307 e. The number of carboxylic acids is 1. The first-order valence-electron chi connectivity index (χ1n) is 7.19. The van der Waals surface area contributed by atoms with E-state index in [1.807, 2.05) is 5.38 Å². The zero-order chi connectivity index (χ0) is 18.0. The van der Waals surface area contributed by atoms with E-state index in [0.29, 0.717) is 31.8 Å². The summed E-state index contributed by atoms with van der Waals surface area (Å²) >= 11 is 8.20. The minimum atomic E-state index is -0.952. The summed E-state index contributed by atoms with van der Waals surface area (Å²) in [6.45, 7) is 0. The van der Waals surface area contributed by atoms with Crippen molar-refractivity contribution in [2.75, 3.05) is 5.33 Å². The van der Waals surface area contributed by atoms with Crippen molar-refractivity contribution in [3.05, 3.63) is 61.9 Å². The minimum Gasteiger partial charge on any atom is -0.481 e. The Morgan fingerprint density at radius 3 is 2.84 bits per heavy atom. The lowest BCUT2D eigenvalue weighted by molar-refractivity contribution is -0.136. The van der Waals surface area contributed by atoms with Crippen molar-refractivity contribution in [1.82, 2.24) is 10.3 Å². The third-order valence-electron chi connectivity index (χ3n) is 3.61. The molecule has 0 saturated heterocycles. The van der Waals surface area contributed by atoms with Crippen LogP contribution in [0, 0.1) is 5.82 Å². The van der Waals surface area contributed by atoms with Gasteiger partial charge >= 0.3 is 5.97 Å². The number of hydrogen-bond donors (Lipinski definition) is 2. The van der Waals surface area contributed by atoms with Gasteiger partial charge in [0.1, 0.15) is 11.9 Å². The van der Waals surface area contributed by atoms with E-state index in [2.05, 4.69) is 47.2 Å². The largest absolute Gasteiger partial charge is 0.481 e. The summed E-state index contributed by atoms with van der Waals surface area (Å²) in [4.78, 5) is 20.3. The first-order chi connectivity index (χ1) is 12.0. The lowest BCUT2D eigenvalue weighted by Crippen LogP contribution is -2.32. The van der Waals surface area contributed by atoms with Gasteiger partial charge in [0.15, 0.2) is 10.8 Å². The second-order valence-corrected chi connectivity index (χ2v) is 7.53. The van der Waals surface area contributed by atoms with Gasteiger partial charge in [0, 0.05) is 27.1 Å². The summed E-state index contributed by atoms with van der Waals surface area (Å²) in [7, 11) is 0. The van der Waals surface area contributed by atoms with E-state index in [-0.39, 0.29) is 12.2 Å². The Morgan fingerprint density at radius 1 is 1.44 bits per heavy atom. The molecule has 5 nitrogen and oxygen atoms in total. The molecule has 1 aromatic heterocycles. The van der Waals surface area contributed by atoms with Gasteiger partial charge in [-0.3, -0.25) is 9.79 Å². The van der Waals surface area contributed by atoms with Gasteiger partial charge in [0.05, 0.1) is 6.42 Å². The number of amidine groups is 1. The number of carboxylic acid groups (broad SMARTS) is 1. The van der Waals surface area contributed by atoms with Crippen LogP contribution < -0.4 is 5.32 Å². The van der Waals surface area contributed by atoms with Crippen molar-refractivity contribution < 1.29 is 14.3 Å². The van der Waals surface area contributed by atoms with Crippen LogP contribution >= 0.6 is 43.2 Å². The zero-order valence-corrected chi connectivity index (χ0v) is 16.7. The highest BCUT2D eigenvalue weighted by Gasteiger charge is 2.29. The molecular formula is C16H12Br2FN3O2S. The lowest BCUT2D eigenvalue weighted by Gasteiger charge is -2.27. The van der Waals surface area contributed by atoms with Crippen molar-refractivity contribution in [1.29, 1.82) is 0 Å². The number of carbonyl (C=O) groups is 1. The number of aliphatic imine (C=N–C) groups is 1. The van der Waals surface area contributed by atoms with Crippen LogP contribution in [0.25, 0.3) is 0 Å². The smallest absolute Gasteiger partial charge is 0.307 e. The van der Waals surface area contributed by atoms with Gasteiger partial charge in [-0.1, -0.05) is 37.9 Å². The second kappa shape index (κ2) is 7.76. The molecule has 0 saturated carbocycles. The molecule has 0 bridgehead atoms. The number of nitrogens with zero attached hydrogens (tertiary/aromatic N) is 2.